The molecule has 3 heterocycles. The van der Waals surface area contributed by atoms with Crippen LogP contribution in [0, 0.1) is 0 Å². The van der Waals surface area contributed by atoms with Crippen molar-refractivity contribution in [3.8, 4) is 0 Å². The Hall–Kier alpha value is -0.390. The maximum atomic E-state index is 5.89. The minimum Gasteiger partial charge on any atom is -0.353 e. The number of hydrogen-bond donors (Lipinski definition) is 0. The van der Waals surface area contributed by atoms with E-state index in [1.165, 1.54) is 25.8 Å². The Morgan fingerprint density at radius 3 is 3.06 bits per heavy atom. The van der Waals surface area contributed by atoms with E-state index in [4.69, 9.17) is 11.6 Å². The van der Waals surface area contributed by atoms with E-state index in [0.29, 0.717) is 11.3 Å². The molecule has 4 nitrogen and oxygen atoms in total. The van der Waals surface area contributed by atoms with Crippen molar-refractivity contribution >= 4 is 33.3 Å². The lowest BCUT2D eigenvalue weighted by Gasteiger charge is -2.44. The third kappa shape index (κ3) is 2.49. The molecule has 98 valence electrons. The van der Waals surface area contributed by atoms with E-state index in [0.717, 1.165) is 29.9 Å². The first-order valence-electron chi connectivity index (χ1n) is 6.41. The number of rotatable bonds is 1. The van der Waals surface area contributed by atoms with Crippen molar-refractivity contribution in [3.05, 3.63) is 16.0 Å². The van der Waals surface area contributed by atoms with E-state index in [1.54, 1.807) is 6.20 Å². The molecule has 3 rings (SSSR count). The Morgan fingerprint density at radius 1 is 1.28 bits per heavy atom. The van der Waals surface area contributed by atoms with E-state index in [-0.39, 0.29) is 0 Å². The van der Waals surface area contributed by atoms with Gasteiger partial charge >= 0.3 is 0 Å². The minimum atomic E-state index is 0.319. The van der Waals surface area contributed by atoms with Gasteiger partial charge in [0.2, 0.25) is 5.28 Å². The Bertz CT molecular complexity index is 442. The van der Waals surface area contributed by atoms with Crippen LogP contribution >= 0.6 is 27.5 Å². The Balaban J connectivity index is 1.79. The van der Waals surface area contributed by atoms with Gasteiger partial charge in [-0.3, -0.25) is 4.90 Å². The molecule has 0 aromatic carbocycles. The van der Waals surface area contributed by atoms with Crippen molar-refractivity contribution in [1.82, 2.24) is 14.9 Å². The van der Waals surface area contributed by atoms with Crippen LogP contribution in [-0.4, -0.2) is 47.1 Å². The molecule has 6 heteroatoms. The lowest BCUT2D eigenvalue weighted by Crippen LogP contribution is -2.55. The predicted octanol–water partition coefficient (Wildman–Crippen LogP) is 2.57. The molecule has 1 aromatic rings. The van der Waals surface area contributed by atoms with Gasteiger partial charge in [-0.05, 0) is 46.9 Å². The Morgan fingerprint density at radius 2 is 2.17 bits per heavy atom. The van der Waals surface area contributed by atoms with Crippen molar-refractivity contribution in [3.63, 3.8) is 0 Å². The van der Waals surface area contributed by atoms with E-state index in [1.807, 2.05) is 0 Å². The maximum Gasteiger partial charge on any atom is 0.224 e. The van der Waals surface area contributed by atoms with Gasteiger partial charge in [0.1, 0.15) is 5.82 Å². The molecule has 0 radical (unpaired) electrons. The molecule has 1 unspecified atom stereocenters. The average molecular weight is 332 g/mol. The average Bonchev–Trinajstić information content (AvgIpc) is 2.41. The first-order valence-corrected chi connectivity index (χ1v) is 7.58. The standard InChI is InChI=1S/C12H16BrClN4/c13-10-7-15-12(14)16-11(10)18-6-5-17-4-2-1-3-9(17)8-18/h7,9H,1-6,8H2. The smallest absolute Gasteiger partial charge is 0.224 e. The minimum absolute atomic E-state index is 0.319. The van der Waals surface area contributed by atoms with Crippen molar-refractivity contribution in [2.75, 3.05) is 31.1 Å². The molecule has 2 aliphatic heterocycles. The number of aromatic nitrogens is 2. The molecule has 0 aliphatic carbocycles. The summed E-state index contributed by atoms with van der Waals surface area (Å²) in [6.07, 6.45) is 5.73. The van der Waals surface area contributed by atoms with Crippen molar-refractivity contribution < 1.29 is 0 Å². The summed E-state index contributed by atoms with van der Waals surface area (Å²) in [6, 6.07) is 0.674. The van der Waals surface area contributed by atoms with Gasteiger partial charge in [-0.15, -0.1) is 0 Å². The van der Waals surface area contributed by atoms with Gasteiger partial charge in [-0.1, -0.05) is 6.42 Å². The van der Waals surface area contributed by atoms with Gasteiger partial charge < -0.3 is 4.90 Å². The van der Waals surface area contributed by atoms with Crippen molar-refractivity contribution in [2.24, 2.45) is 0 Å². The normalized spacial score (nSPS) is 25.0. The molecular weight excluding hydrogens is 316 g/mol. The van der Waals surface area contributed by atoms with Crippen LogP contribution in [0.1, 0.15) is 19.3 Å². The summed E-state index contributed by atoms with van der Waals surface area (Å²) in [7, 11) is 0. The molecule has 0 saturated carbocycles. The zero-order chi connectivity index (χ0) is 12.5. The monoisotopic (exact) mass is 330 g/mol. The fourth-order valence-corrected chi connectivity index (χ4v) is 3.48. The molecule has 0 spiro atoms. The van der Waals surface area contributed by atoms with Gasteiger partial charge in [0.15, 0.2) is 0 Å². The van der Waals surface area contributed by atoms with Crippen molar-refractivity contribution in [2.45, 2.75) is 25.3 Å². The van der Waals surface area contributed by atoms with Gasteiger partial charge in [-0.25, -0.2) is 4.98 Å². The van der Waals surface area contributed by atoms with Gasteiger partial charge in [0.05, 0.1) is 4.47 Å². The quantitative estimate of drug-likeness (QED) is 0.740. The Labute approximate surface area is 120 Å². The van der Waals surface area contributed by atoms with E-state index < -0.39 is 0 Å². The molecule has 0 bridgehead atoms. The molecule has 2 aliphatic rings. The van der Waals surface area contributed by atoms with Crippen LogP contribution in [-0.2, 0) is 0 Å². The second kappa shape index (κ2) is 5.31. The molecule has 2 fully saturated rings. The number of hydrogen-bond acceptors (Lipinski definition) is 4. The highest BCUT2D eigenvalue weighted by Crippen LogP contribution is 2.28. The van der Waals surface area contributed by atoms with Crippen LogP contribution < -0.4 is 4.90 Å². The highest BCUT2D eigenvalue weighted by Gasteiger charge is 2.30. The number of halogens is 2. The lowest BCUT2D eigenvalue weighted by atomic mass is 9.99. The lowest BCUT2D eigenvalue weighted by molar-refractivity contribution is 0.133. The number of piperidine rings is 1. The fraction of sp³-hybridized carbons (Fsp3) is 0.667. The SMILES string of the molecule is Clc1ncc(Br)c(N2CCN3CCCCC3C2)n1. The molecular formula is C12H16BrClN4. The zero-order valence-electron chi connectivity index (χ0n) is 10.1. The molecule has 18 heavy (non-hydrogen) atoms. The zero-order valence-corrected chi connectivity index (χ0v) is 12.5. The van der Waals surface area contributed by atoms with Gasteiger partial charge in [0.25, 0.3) is 0 Å². The van der Waals surface area contributed by atoms with Gasteiger partial charge in [-0.2, -0.15) is 4.98 Å². The van der Waals surface area contributed by atoms with Crippen LogP contribution in [0.3, 0.4) is 0 Å². The van der Waals surface area contributed by atoms with E-state index in [2.05, 4.69) is 35.7 Å². The van der Waals surface area contributed by atoms with Gasteiger partial charge in [0, 0.05) is 31.9 Å². The predicted molar refractivity (Wildman–Crippen MR) is 76.2 cm³/mol. The second-order valence-electron chi connectivity index (χ2n) is 4.94. The topological polar surface area (TPSA) is 32.3 Å². The number of nitrogens with zero attached hydrogens (tertiary/aromatic N) is 4. The van der Waals surface area contributed by atoms with Crippen molar-refractivity contribution in [1.29, 1.82) is 0 Å². The second-order valence-corrected chi connectivity index (χ2v) is 6.13. The fourth-order valence-electron chi connectivity index (χ4n) is 2.91. The summed E-state index contributed by atoms with van der Waals surface area (Å²) in [6.45, 7) is 4.44. The molecule has 1 aromatic heterocycles. The first-order chi connectivity index (χ1) is 8.74. The summed E-state index contributed by atoms with van der Waals surface area (Å²) in [5.41, 5.74) is 0. The third-order valence-electron chi connectivity index (χ3n) is 3.83. The van der Waals surface area contributed by atoms with Crippen LogP contribution in [0.4, 0.5) is 5.82 Å². The molecule has 0 N–H and O–H groups in total. The van der Waals surface area contributed by atoms with E-state index >= 15 is 0 Å². The first kappa shape index (κ1) is 12.6. The summed E-state index contributed by atoms with van der Waals surface area (Å²) in [5, 5.41) is 0.319. The summed E-state index contributed by atoms with van der Waals surface area (Å²) >= 11 is 9.41. The number of anilines is 1. The highest BCUT2D eigenvalue weighted by atomic mass is 79.9. The summed E-state index contributed by atoms with van der Waals surface area (Å²) in [5.74, 6) is 0.931. The van der Waals surface area contributed by atoms with Crippen LogP contribution in [0.5, 0.6) is 0 Å². The number of fused-ring (bicyclic) bond motifs is 1. The largest absolute Gasteiger partial charge is 0.353 e. The maximum absolute atomic E-state index is 5.89. The summed E-state index contributed by atoms with van der Waals surface area (Å²) < 4.78 is 0.927. The third-order valence-corrected chi connectivity index (χ3v) is 4.57. The Kier molecular flexibility index (Phi) is 3.73. The summed E-state index contributed by atoms with van der Waals surface area (Å²) in [4.78, 5) is 13.3. The van der Waals surface area contributed by atoms with E-state index in [9.17, 15) is 0 Å². The molecule has 2 saturated heterocycles. The molecule has 0 amide bonds. The number of piperazine rings is 1. The van der Waals surface area contributed by atoms with Crippen LogP contribution in [0.25, 0.3) is 0 Å². The van der Waals surface area contributed by atoms with Crippen LogP contribution in [0.15, 0.2) is 10.7 Å². The highest BCUT2D eigenvalue weighted by molar-refractivity contribution is 9.10. The molecule has 1 atom stereocenters. The van der Waals surface area contributed by atoms with Crippen LogP contribution in [0.2, 0.25) is 5.28 Å².